The van der Waals surface area contributed by atoms with Crippen molar-refractivity contribution >= 4 is 11.6 Å². The summed E-state index contributed by atoms with van der Waals surface area (Å²) in [6.45, 7) is 0. The number of carbonyl (C=O) groups excluding carboxylic acids is 2. The first-order chi connectivity index (χ1) is 10.7. The summed E-state index contributed by atoms with van der Waals surface area (Å²) < 4.78 is 0. The number of aromatic hydroxyl groups is 1. The molecule has 0 unspecified atom stereocenters. The normalized spacial score (nSPS) is 12.9. The molecule has 0 fully saturated rings. The van der Waals surface area contributed by atoms with E-state index in [9.17, 15) is 14.7 Å². The molecular weight excluding hydrogens is 280 g/mol. The number of nitrogens with one attached hydrogen (secondary N) is 1. The number of imidazole rings is 1. The molecule has 1 aliphatic rings. The van der Waals surface area contributed by atoms with Crippen molar-refractivity contribution < 1.29 is 14.7 Å². The number of aromatic nitrogens is 2. The number of aromatic amines is 1. The van der Waals surface area contributed by atoms with E-state index in [2.05, 4.69) is 9.97 Å². The van der Waals surface area contributed by atoms with Crippen LogP contribution in [0.5, 0.6) is 5.75 Å². The number of fused-ring (bicyclic) bond motifs is 2. The first kappa shape index (κ1) is 12.5. The Morgan fingerprint density at radius 3 is 2.09 bits per heavy atom. The van der Waals surface area contributed by atoms with Crippen LogP contribution in [-0.2, 0) is 0 Å². The summed E-state index contributed by atoms with van der Waals surface area (Å²) >= 11 is 0. The minimum atomic E-state index is -0.289. The number of carbonyl (C=O) groups is 2. The van der Waals surface area contributed by atoms with E-state index in [0.717, 1.165) is 0 Å². The first-order valence-corrected chi connectivity index (χ1v) is 6.73. The highest BCUT2D eigenvalue weighted by atomic mass is 16.3. The van der Waals surface area contributed by atoms with Crippen LogP contribution in [-0.4, -0.2) is 26.6 Å². The third-order valence-corrected chi connectivity index (χ3v) is 3.72. The van der Waals surface area contributed by atoms with E-state index in [1.165, 1.54) is 6.07 Å². The monoisotopic (exact) mass is 290 g/mol. The van der Waals surface area contributed by atoms with Crippen molar-refractivity contribution in [3.8, 4) is 17.1 Å². The number of para-hydroxylation sites is 1. The smallest absolute Gasteiger partial charge is 0.214 e. The maximum absolute atomic E-state index is 12.5. The van der Waals surface area contributed by atoms with Crippen LogP contribution in [0.2, 0.25) is 0 Å². The molecule has 0 saturated heterocycles. The molecule has 0 atom stereocenters. The van der Waals surface area contributed by atoms with Gasteiger partial charge in [-0.15, -0.1) is 0 Å². The number of benzene rings is 2. The van der Waals surface area contributed by atoms with Gasteiger partial charge >= 0.3 is 0 Å². The Labute approximate surface area is 125 Å². The minimum Gasteiger partial charge on any atom is -0.507 e. The van der Waals surface area contributed by atoms with Gasteiger partial charge in [-0.3, -0.25) is 9.59 Å². The molecule has 1 aromatic heterocycles. The van der Waals surface area contributed by atoms with E-state index >= 15 is 0 Å². The summed E-state index contributed by atoms with van der Waals surface area (Å²) in [6.07, 6.45) is 0. The van der Waals surface area contributed by atoms with Crippen molar-refractivity contribution in [2.75, 3.05) is 0 Å². The molecular formula is C17H10N2O3. The lowest BCUT2D eigenvalue weighted by molar-refractivity contribution is 0.0974. The van der Waals surface area contributed by atoms with Gasteiger partial charge in [0.15, 0.2) is 0 Å². The van der Waals surface area contributed by atoms with Crippen LogP contribution in [0.3, 0.4) is 0 Å². The Bertz CT molecular complexity index is 888. The molecule has 5 heteroatoms. The van der Waals surface area contributed by atoms with Gasteiger partial charge in [-0.1, -0.05) is 36.4 Å². The summed E-state index contributed by atoms with van der Waals surface area (Å²) in [5.74, 6) is -0.217. The molecule has 106 valence electrons. The van der Waals surface area contributed by atoms with Gasteiger partial charge in [0.25, 0.3) is 0 Å². The molecule has 0 saturated carbocycles. The van der Waals surface area contributed by atoms with E-state index in [1.54, 1.807) is 42.5 Å². The van der Waals surface area contributed by atoms with Crippen LogP contribution in [0.25, 0.3) is 11.4 Å². The Morgan fingerprint density at radius 2 is 1.41 bits per heavy atom. The number of H-pyrrole nitrogens is 1. The van der Waals surface area contributed by atoms with Gasteiger partial charge in [0.05, 0.1) is 5.56 Å². The summed E-state index contributed by atoms with van der Waals surface area (Å²) in [7, 11) is 0. The second-order valence-corrected chi connectivity index (χ2v) is 5.03. The summed E-state index contributed by atoms with van der Waals surface area (Å²) in [4.78, 5) is 32.1. The predicted molar refractivity (Wildman–Crippen MR) is 79.0 cm³/mol. The van der Waals surface area contributed by atoms with Gasteiger partial charge in [-0.05, 0) is 12.1 Å². The number of phenols is 1. The fourth-order valence-electron chi connectivity index (χ4n) is 2.64. The number of rotatable bonds is 1. The number of nitrogens with zero attached hydrogens (tertiary/aromatic N) is 1. The molecule has 22 heavy (non-hydrogen) atoms. The fraction of sp³-hybridized carbons (Fsp3) is 0. The predicted octanol–water partition coefficient (Wildman–Crippen LogP) is 2.56. The SMILES string of the molecule is O=C1c2ccccc2C(=O)c2[nH]c(-c3ccccc3O)nc21. The molecule has 2 N–H and O–H groups in total. The van der Waals surface area contributed by atoms with Gasteiger partial charge in [-0.2, -0.15) is 0 Å². The summed E-state index contributed by atoms with van der Waals surface area (Å²) in [6, 6.07) is 13.3. The van der Waals surface area contributed by atoms with Crippen molar-refractivity contribution in [3.05, 3.63) is 71.0 Å². The minimum absolute atomic E-state index is 0.0333. The molecule has 0 amide bonds. The summed E-state index contributed by atoms with van der Waals surface area (Å²) in [5.41, 5.74) is 1.44. The average Bonchev–Trinajstić information content (AvgIpc) is 2.98. The van der Waals surface area contributed by atoms with Crippen LogP contribution in [0, 0.1) is 0 Å². The topological polar surface area (TPSA) is 83.0 Å². The first-order valence-electron chi connectivity index (χ1n) is 6.73. The van der Waals surface area contributed by atoms with E-state index in [-0.39, 0.29) is 28.7 Å². The highest BCUT2D eigenvalue weighted by molar-refractivity contribution is 6.27. The Morgan fingerprint density at radius 1 is 0.818 bits per heavy atom. The van der Waals surface area contributed by atoms with Gasteiger partial charge in [-0.25, -0.2) is 4.98 Å². The molecule has 3 aromatic rings. The van der Waals surface area contributed by atoms with Crippen molar-refractivity contribution in [2.45, 2.75) is 0 Å². The third kappa shape index (κ3) is 1.62. The second-order valence-electron chi connectivity index (χ2n) is 5.03. The van der Waals surface area contributed by atoms with Gasteiger partial charge in [0.1, 0.15) is 23.0 Å². The van der Waals surface area contributed by atoms with Crippen molar-refractivity contribution in [1.82, 2.24) is 9.97 Å². The highest BCUT2D eigenvalue weighted by Crippen LogP contribution is 2.31. The zero-order valence-corrected chi connectivity index (χ0v) is 11.3. The van der Waals surface area contributed by atoms with Crippen LogP contribution in [0.15, 0.2) is 48.5 Å². The van der Waals surface area contributed by atoms with Crippen molar-refractivity contribution in [2.24, 2.45) is 0 Å². The highest BCUT2D eigenvalue weighted by Gasteiger charge is 2.33. The zero-order chi connectivity index (χ0) is 15.3. The molecule has 4 rings (SSSR count). The van der Waals surface area contributed by atoms with Crippen LogP contribution in [0.1, 0.15) is 32.1 Å². The number of hydrogen-bond donors (Lipinski definition) is 2. The van der Waals surface area contributed by atoms with Crippen LogP contribution in [0.4, 0.5) is 0 Å². The Balaban J connectivity index is 1.93. The lowest BCUT2D eigenvalue weighted by Gasteiger charge is -2.11. The number of phenolic OH excluding ortho intramolecular Hbond substituents is 1. The van der Waals surface area contributed by atoms with E-state index in [4.69, 9.17) is 0 Å². The lowest BCUT2D eigenvalue weighted by Crippen LogP contribution is -2.20. The average molecular weight is 290 g/mol. The molecule has 0 radical (unpaired) electrons. The standard InChI is InChI=1S/C17H10N2O3/c20-12-8-4-3-7-11(12)17-18-13-14(19-17)16(22)10-6-2-1-5-9(10)15(13)21/h1-8,20H,(H,18,19). The molecule has 5 nitrogen and oxygen atoms in total. The van der Waals surface area contributed by atoms with Gasteiger partial charge in [0, 0.05) is 11.1 Å². The molecule has 0 bridgehead atoms. The van der Waals surface area contributed by atoms with E-state index in [0.29, 0.717) is 22.5 Å². The molecule has 1 heterocycles. The van der Waals surface area contributed by atoms with Crippen LogP contribution < -0.4 is 0 Å². The maximum atomic E-state index is 12.5. The Hall–Kier alpha value is -3.21. The quantitative estimate of drug-likeness (QED) is 0.564. The Kier molecular flexibility index (Phi) is 2.50. The van der Waals surface area contributed by atoms with E-state index < -0.39 is 0 Å². The molecule has 0 spiro atoms. The van der Waals surface area contributed by atoms with E-state index in [1.807, 2.05) is 0 Å². The zero-order valence-electron chi connectivity index (χ0n) is 11.3. The maximum Gasteiger partial charge on any atom is 0.214 e. The third-order valence-electron chi connectivity index (χ3n) is 3.72. The molecule has 2 aromatic carbocycles. The van der Waals surface area contributed by atoms with Crippen molar-refractivity contribution in [3.63, 3.8) is 0 Å². The lowest BCUT2D eigenvalue weighted by atomic mass is 9.90. The number of ketones is 2. The number of hydrogen-bond acceptors (Lipinski definition) is 4. The van der Waals surface area contributed by atoms with Crippen molar-refractivity contribution in [1.29, 1.82) is 0 Å². The molecule has 1 aliphatic carbocycles. The van der Waals surface area contributed by atoms with Gasteiger partial charge < -0.3 is 10.1 Å². The second kappa shape index (κ2) is 4.39. The largest absolute Gasteiger partial charge is 0.507 e. The van der Waals surface area contributed by atoms with Crippen LogP contribution >= 0.6 is 0 Å². The fourth-order valence-corrected chi connectivity index (χ4v) is 2.64. The summed E-state index contributed by atoms with van der Waals surface area (Å²) in [5, 5.41) is 9.90. The molecule has 0 aliphatic heterocycles. The van der Waals surface area contributed by atoms with Gasteiger partial charge in [0.2, 0.25) is 11.6 Å².